The monoisotopic (exact) mass is 272 g/mol. The van der Waals surface area contributed by atoms with Gasteiger partial charge in [-0.15, -0.1) is 17.3 Å². The minimum Gasteiger partial charge on any atom is -0.462 e. The topological polar surface area (TPSA) is 46.5 Å². The molecular weight excluding hydrogens is 260 g/mol. The van der Waals surface area contributed by atoms with Gasteiger partial charge in [-0.05, 0) is 36.8 Å². The summed E-state index contributed by atoms with van der Waals surface area (Å²) in [4.78, 5) is 12.3. The van der Waals surface area contributed by atoms with Crippen molar-refractivity contribution in [3.05, 3.63) is 21.9 Å². The molecule has 1 N–H and O–H groups in total. The van der Waals surface area contributed by atoms with Crippen molar-refractivity contribution in [3.63, 3.8) is 0 Å². The summed E-state index contributed by atoms with van der Waals surface area (Å²) in [6.45, 7) is 2.91. The van der Waals surface area contributed by atoms with Gasteiger partial charge in [0.1, 0.15) is 12.7 Å². The van der Waals surface area contributed by atoms with Crippen molar-refractivity contribution < 1.29 is 14.6 Å². The van der Waals surface area contributed by atoms with E-state index in [1.165, 1.54) is 18.3 Å². The first-order chi connectivity index (χ1) is 9.11. The van der Waals surface area contributed by atoms with E-state index < -0.39 is 12.1 Å². The highest BCUT2D eigenvalue weighted by molar-refractivity contribution is 7.13. The van der Waals surface area contributed by atoms with Gasteiger partial charge in [-0.2, -0.15) is 0 Å². The molecule has 0 saturated carbocycles. The Hall–Kier alpha value is -2.19. The summed E-state index contributed by atoms with van der Waals surface area (Å²) in [5.74, 6) is 15.8. The standard InChI is InChI=1S/C15H12O3S/c1-3-6-14-9-10-15(19-14)8-5-4-7-13(17)11-18-12(2)16/h9-10,13,17H,11H2,1-2H3/t13-/m1/s1. The van der Waals surface area contributed by atoms with E-state index in [1.807, 2.05) is 12.1 Å². The summed E-state index contributed by atoms with van der Waals surface area (Å²) in [5.41, 5.74) is 0. The Kier molecular flexibility index (Phi) is 6.27. The number of aliphatic hydroxyl groups is 1. The third-order valence-corrected chi connectivity index (χ3v) is 2.70. The summed E-state index contributed by atoms with van der Waals surface area (Å²) in [5, 5.41) is 9.34. The van der Waals surface area contributed by atoms with Gasteiger partial charge in [-0.3, -0.25) is 4.79 Å². The van der Waals surface area contributed by atoms with Crippen LogP contribution in [0, 0.1) is 35.5 Å². The van der Waals surface area contributed by atoms with E-state index in [0.29, 0.717) is 0 Å². The Bertz CT molecular complexity index is 623. The summed E-state index contributed by atoms with van der Waals surface area (Å²) in [6.07, 6.45) is -1.01. The zero-order valence-corrected chi connectivity index (χ0v) is 11.4. The zero-order chi connectivity index (χ0) is 14.1. The molecule has 0 amide bonds. The van der Waals surface area contributed by atoms with Gasteiger partial charge in [0, 0.05) is 6.92 Å². The van der Waals surface area contributed by atoms with Crippen LogP contribution in [0.15, 0.2) is 12.1 Å². The van der Waals surface area contributed by atoms with Crippen LogP contribution < -0.4 is 0 Å². The first-order valence-electron chi connectivity index (χ1n) is 5.47. The lowest BCUT2D eigenvalue weighted by molar-refractivity contribution is -0.142. The van der Waals surface area contributed by atoms with Crippen LogP contribution in [-0.2, 0) is 9.53 Å². The van der Waals surface area contributed by atoms with Crippen LogP contribution in [0.2, 0.25) is 0 Å². The van der Waals surface area contributed by atoms with E-state index in [4.69, 9.17) is 0 Å². The molecular formula is C15H12O3S. The van der Waals surface area contributed by atoms with Gasteiger partial charge in [-0.25, -0.2) is 0 Å². The minimum absolute atomic E-state index is 0.140. The molecule has 0 unspecified atom stereocenters. The predicted molar refractivity (Wildman–Crippen MR) is 74.2 cm³/mol. The van der Waals surface area contributed by atoms with Gasteiger partial charge in [0.25, 0.3) is 0 Å². The molecule has 0 saturated heterocycles. The van der Waals surface area contributed by atoms with Gasteiger partial charge in [-0.1, -0.05) is 11.8 Å². The fourth-order valence-electron chi connectivity index (χ4n) is 1.05. The number of aliphatic hydroxyl groups excluding tert-OH is 1. The third kappa shape index (κ3) is 6.34. The lowest BCUT2D eigenvalue weighted by atomic mass is 10.3. The molecule has 0 aromatic carbocycles. The highest BCUT2D eigenvalue weighted by atomic mass is 32.1. The Morgan fingerprint density at radius 2 is 2.05 bits per heavy atom. The van der Waals surface area contributed by atoms with Gasteiger partial charge in [0.2, 0.25) is 0 Å². The van der Waals surface area contributed by atoms with Crippen molar-refractivity contribution >= 4 is 17.3 Å². The molecule has 3 nitrogen and oxygen atoms in total. The molecule has 0 bridgehead atoms. The van der Waals surface area contributed by atoms with Gasteiger partial charge in [0.15, 0.2) is 0 Å². The molecule has 1 aromatic heterocycles. The average molecular weight is 272 g/mol. The number of carbonyl (C=O) groups excluding carboxylic acids is 1. The first kappa shape index (κ1) is 14.9. The maximum atomic E-state index is 10.5. The second-order valence-electron chi connectivity index (χ2n) is 3.38. The van der Waals surface area contributed by atoms with Crippen molar-refractivity contribution in [2.45, 2.75) is 20.0 Å². The SMILES string of the molecule is CC#Cc1ccc(C#CC#C[C@@H](O)COC(C)=O)s1. The normalized spacial score (nSPS) is 9.84. The summed E-state index contributed by atoms with van der Waals surface area (Å²) >= 11 is 1.48. The second-order valence-corrected chi connectivity index (χ2v) is 4.46. The quantitative estimate of drug-likeness (QED) is 0.654. The molecule has 19 heavy (non-hydrogen) atoms. The number of hydrogen-bond donors (Lipinski definition) is 1. The molecule has 0 fully saturated rings. The number of thiophene rings is 1. The smallest absolute Gasteiger partial charge is 0.302 e. The fourth-order valence-corrected chi connectivity index (χ4v) is 1.81. The van der Waals surface area contributed by atoms with Crippen LogP contribution in [0.5, 0.6) is 0 Å². The molecule has 1 heterocycles. The maximum absolute atomic E-state index is 10.5. The van der Waals surface area contributed by atoms with Gasteiger partial charge >= 0.3 is 5.97 Å². The minimum atomic E-state index is -1.01. The van der Waals surface area contributed by atoms with Crippen molar-refractivity contribution in [1.29, 1.82) is 0 Å². The fraction of sp³-hybridized carbons (Fsp3) is 0.267. The highest BCUT2D eigenvalue weighted by Crippen LogP contribution is 2.13. The van der Waals surface area contributed by atoms with E-state index in [0.717, 1.165) is 9.75 Å². The first-order valence-corrected chi connectivity index (χ1v) is 6.29. The lowest BCUT2D eigenvalue weighted by Gasteiger charge is -2.01. The highest BCUT2D eigenvalue weighted by Gasteiger charge is 2.00. The molecule has 0 aliphatic carbocycles. The van der Waals surface area contributed by atoms with Crippen LogP contribution in [0.25, 0.3) is 0 Å². The van der Waals surface area contributed by atoms with Crippen LogP contribution >= 0.6 is 11.3 Å². The molecule has 0 spiro atoms. The Morgan fingerprint density at radius 1 is 1.37 bits per heavy atom. The molecule has 0 radical (unpaired) electrons. The van der Waals surface area contributed by atoms with Gasteiger partial charge < -0.3 is 9.84 Å². The molecule has 4 heteroatoms. The third-order valence-electron chi connectivity index (χ3n) is 1.79. The predicted octanol–water partition coefficient (Wildman–Crippen LogP) is 1.40. The average Bonchev–Trinajstić information content (AvgIpc) is 2.80. The molecule has 0 aliphatic heterocycles. The number of carbonyl (C=O) groups is 1. The number of rotatable bonds is 2. The molecule has 1 atom stereocenters. The van der Waals surface area contributed by atoms with E-state index >= 15 is 0 Å². The molecule has 1 aromatic rings. The van der Waals surface area contributed by atoms with Crippen molar-refractivity contribution in [1.82, 2.24) is 0 Å². The number of ether oxygens (including phenoxy) is 1. The second kappa shape index (κ2) is 8.01. The number of hydrogen-bond acceptors (Lipinski definition) is 4. The van der Waals surface area contributed by atoms with Crippen LogP contribution in [0.4, 0.5) is 0 Å². The largest absolute Gasteiger partial charge is 0.462 e. The Labute approximate surface area is 116 Å². The zero-order valence-electron chi connectivity index (χ0n) is 10.6. The molecule has 96 valence electrons. The molecule has 0 aliphatic rings. The van der Waals surface area contributed by atoms with Gasteiger partial charge in [0.05, 0.1) is 9.75 Å². The van der Waals surface area contributed by atoms with Crippen LogP contribution in [0.3, 0.4) is 0 Å². The number of esters is 1. The van der Waals surface area contributed by atoms with E-state index in [9.17, 15) is 9.90 Å². The van der Waals surface area contributed by atoms with Crippen LogP contribution in [-0.4, -0.2) is 23.8 Å². The van der Waals surface area contributed by atoms with Crippen molar-refractivity contribution in [3.8, 4) is 35.5 Å². The summed E-state index contributed by atoms with van der Waals surface area (Å²) < 4.78 is 4.60. The molecule has 1 rings (SSSR count). The Balaban J connectivity index is 2.53. The lowest BCUT2D eigenvalue weighted by Crippen LogP contribution is -2.14. The van der Waals surface area contributed by atoms with Crippen LogP contribution in [0.1, 0.15) is 23.6 Å². The summed E-state index contributed by atoms with van der Waals surface area (Å²) in [6, 6.07) is 3.77. The van der Waals surface area contributed by atoms with Crippen molar-refractivity contribution in [2.75, 3.05) is 6.61 Å². The van der Waals surface area contributed by atoms with E-state index in [-0.39, 0.29) is 6.61 Å². The van der Waals surface area contributed by atoms with Crippen molar-refractivity contribution in [2.24, 2.45) is 0 Å². The van der Waals surface area contributed by atoms with E-state index in [2.05, 4.69) is 40.3 Å². The van der Waals surface area contributed by atoms with E-state index in [1.54, 1.807) is 6.92 Å². The maximum Gasteiger partial charge on any atom is 0.302 e. The Morgan fingerprint density at radius 3 is 2.68 bits per heavy atom. The summed E-state index contributed by atoms with van der Waals surface area (Å²) in [7, 11) is 0.